The third-order valence-corrected chi connectivity index (χ3v) is 10.1. The van der Waals surface area contributed by atoms with Gasteiger partial charge in [0.2, 0.25) is 0 Å². The molecule has 0 saturated carbocycles. The maximum atomic E-state index is 14.2. The lowest BCUT2D eigenvalue weighted by atomic mass is 10.2. The Balaban J connectivity index is 1.63. The van der Waals surface area contributed by atoms with E-state index in [1.807, 2.05) is 0 Å². The molecule has 1 N–H and O–H groups in total. The molecular formula is C26H19F2N4O7PS2. The minimum Gasteiger partial charge on any atom is -0.493 e. The van der Waals surface area contributed by atoms with Crippen molar-refractivity contribution >= 4 is 29.0 Å². The Bertz CT molecular complexity index is 1820. The van der Waals surface area contributed by atoms with Crippen molar-refractivity contribution in [1.29, 1.82) is 10.5 Å². The summed E-state index contributed by atoms with van der Waals surface area (Å²) in [7, 11) is -6.08. The zero-order valence-corrected chi connectivity index (χ0v) is 24.2. The van der Waals surface area contributed by atoms with Crippen molar-refractivity contribution in [3.63, 3.8) is 0 Å². The summed E-state index contributed by atoms with van der Waals surface area (Å²) in [5, 5.41) is 18.2. The summed E-state index contributed by atoms with van der Waals surface area (Å²) < 4.78 is 91.7. The molecule has 1 aromatic heterocycles. The third kappa shape index (κ3) is 6.67. The summed E-state index contributed by atoms with van der Waals surface area (Å²) in [4.78, 5) is 4.16. The predicted octanol–water partition coefficient (Wildman–Crippen LogP) is 5.44. The molecule has 11 nitrogen and oxygen atoms in total. The van der Waals surface area contributed by atoms with Crippen molar-refractivity contribution < 1.29 is 40.3 Å². The van der Waals surface area contributed by atoms with Gasteiger partial charge in [0.05, 0.1) is 37.1 Å². The Kier molecular flexibility index (Phi) is 9.09. The molecule has 216 valence electrons. The molecule has 0 aliphatic carbocycles. The summed E-state index contributed by atoms with van der Waals surface area (Å²) in [6.07, 6.45) is 0.105. The van der Waals surface area contributed by atoms with Crippen LogP contribution in [0.15, 0.2) is 65.0 Å². The van der Waals surface area contributed by atoms with E-state index in [2.05, 4.69) is 9.71 Å². The van der Waals surface area contributed by atoms with Crippen molar-refractivity contribution in [2.24, 2.45) is 0 Å². The monoisotopic (exact) mass is 632 g/mol. The van der Waals surface area contributed by atoms with Crippen LogP contribution in [0.1, 0.15) is 11.1 Å². The van der Waals surface area contributed by atoms with E-state index in [4.69, 9.17) is 29.0 Å². The smallest absolute Gasteiger partial charge is 0.445 e. The van der Waals surface area contributed by atoms with Gasteiger partial charge in [0.1, 0.15) is 46.6 Å². The molecule has 0 radical (unpaired) electrons. The number of ether oxygens (including phenoxy) is 2. The molecule has 3 aromatic carbocycles. The SMILES string of the molecule is COc1cccc(-c2ncc(S(=O)(=O)NCP(=O)(Oc3ccc(C#N)c(F)c3)Oc3ccc(C#N)c(F)c3)s2)c1OC. The normalized spacial score (nSPS) is 11.3. The number of hydrogen-bond acceptors (Lipinski definition) is 11. The molecule has 0 fully saturated rings. The van der Waals surface area contributed by atoms with Gasteiger partial charge in [-0.15, -0.1) is 11.3 Å². The number of nitrogens with zero attached hydrogens (tertiary/aromatic N) is 3. The van der Waals surface area contributed by atoms with Crippen LogP contribution in [0.2, 0.25) is 0 Å². The van der Waals surface area contributed by atoms with Gasteiger partial charge in [0.15, 0.2) is 15.7 Å². The Labute approximate surface area is 243 Å². The van der Waals surface area contributed by atoms with Crippen LogP contribution in [-0.4, -0.2) is 33.9 Å². The number of nitrogens with one attached hydrogen (secondary N) is 1. The third-order valence-electron chi connectivity index (χ3n) is 5.44. The minimum absolute atomic E-state index is 0.261. The molecule has 4 aromatic rings. The van der Waals surface area contributed by atoms with E-state index in [0.29, 0.717) is 17.1 Å². The number of aromatic nitrogens is 1. The standard InChI is InChI=1S/C26H19F2N4O7PS2/c1-36-23-5-3-4-20(25(23)37-2)26-31-14-24(41-26)42(34,35)32-15-40(33,38-18-8-6-16(12-29)21(27)10-18)39-19-9-7-17(13-30)22(28)11-19/h3-11,14,32H,15H2,1-2H3. The van der Waals surface area contributed by atoms with Gasteiger partial charge < -0.3 is 18.5 Å². The molecule has 4 rings (SSSR count). The Morgan fingerprint density at radius 2 is 1.55 bits per heavy atom. The number of halogens is 2. The van der Waals surface area contributed by atoms with E-state index in [1.165, 1.54) is 14.2 Å². The average molecular weight is 633 g/mol. The number of para-hydroxylation sites is 1. The summed E-state index contributed by atoms with van der Waals surface area (Å²) in [5.41, 5.74) is -0.172. The molecular weight excluding hydrogens is 613 g/mol. The summed E-state index contributed by atoms with van der Waals surface area (Å²) in [5.74, 6) is -1.95. The fourth-order valence-corrected chi connectivity index (χ4v) is 7.70. The number of hydrogen-bond donors (Lipinski definition) is 1. The lowest BCUT2D eigenvalue weighted by molar-refractivity contribution is 0.356. The van der Waals surface area contributed by atoms with Gasteiger partial charge >= 0.3 is 7.60 Å². The number of rotatable bonds is 11. The van der Waals surface area contributed by atoms with Gasteiger partial charge in [-0.25, -0.2) is 26.7 Å². The van der Waals surface area contributed by atoms with E-state index in [0.717, 1.165) is 53.9 Å². The molecule has 0 aliphatic rings. The van der Waals surface area contributed by atoms with Gasteiger partial charge in [0.25, 0.3) is 10.0 Å². The largest absolute Gasteiger partial charge is 0.493 e. The van der Waals surface area contributed by atoms with Crippen LogP contribution in [-0.2, 0) is 14.6 Å². The summed E-state index contributed by atoms with van der Waals surface area (Å²) in [6.45, 7) is 0. The van der Waals surface area contributed by atoms with Gasteiger partial charge in [0, 0.05) is 12.1 Å². The molecule has 42 heavy (non-hydrogen) atoms. The Morgan fingerprint density at radius 1 is 0.952 bits per heavy atom. The molecule has 0 saturated heterocycles. The van der Waals surface area contributed by atoms with Crippen LogP contribution in [0, 0.1) is 34.3 Å². The van der Waals surface area contributed by atoms with E-state index in [9.17, 15) is 21.8 Å². The lowest BCUT2D eigenvalue weighted by Crippen LogP contribution is -2.26. The van der Waals surface area contributed by atoms with Gasteiger partial charge in [-0.2, -0.15) is 15.2 Å². The number of sulfonamides is 1. The second kappa shape index (κ2) is 12.5. The van der Waals surface area contributed by atoms with E-state index in [1.54, 1.807) is 30.3 Å². The molecule has 0 spiro atoms. The summed E-state index contributed by atoms with van der Waals surface area (Å²) in [6, 6.07) is 14.1. The first-order valence-electron chi connectivity index (χ1n) is 11.6. The number of thiazole rings is 1. The average Bonchev–Trinajstić information content (AvgIpc) is 3.47. The fourth-order valence-electron chi connectivity index (χ4n) is 3.49. The second-order valence-corrected chi connectivity index (χ2v) is 13.1. The highest BCUT2D eigenvalue weighted by Gasteiger charge is 2.33. The molecule has 16 heteroatoms. The second-order valence-electron chi connectivity index (χ2n) is 8.13. The number of benzene rings is 3. The molecule has 0 unspecified atom stereocenters. The minimum atomic E-state index is -4.58. The molecule has 0 aliphatic heterocycles. The van der Waals surface area contributed by atoms with Gasteiger partial charge in [-0.1, -0.05) is 6.07 Å². The van der Waals surface area contributed by atoms with Crippen LogP contribution in [0.4, 0.5) is 8.78 Å². The van der Waals surface area contributed by atoms with Crippen LogP contribution < -0.4 is 23.2 Å². The molecule has 1 heterocycles. The van der Waals surface area contributed by atoms with Crippen LogP contribution in [0.25, 0.3) is 10.6 Å². The zero-order chi connectivity index (χ0) is 30.5. The maximum Gasteiger partial charge on any atom is 0.445 e. The first-order chi connectivity index (χ1) is 20.0. The van der Waals surface area contributed by atoms with Crippen molar-refractivity contribution in [3.05, 3.63) is 83.6 Å². The van der Waals surface area contributed by atoms with Crippen LogP contribution in [0.3, 0.4) is 0 Å². The Morgan fingerprint density at radius 3 is 2.05 bits per heavy atom. The fraction of sp³-hybridized carbons (Fsp3) is 0.115. The van der Waals surface area contributed by atoms with E-state index >= 15 is 0 Å². The highest BCUT2D eigenvalue weighted by Crippen LogP contribution is 2.48. The maximum absolute atomic E-state index is 14.2. The predicted molar refractivity (Wildman–Crippen MR) is 147 cm³/mol. The van der Waals surface area contributed by atoms with Crippen molar-refractivity contribution in [1.82, 2.24) is 9.71 Å². The lowest BCUT2D eigenvalue weighted by Gasteiger charge is -2.20. The zero-order valence-electron chi connectivity index (χ0n) is 21.7. The highest BCUT2D eigenvalue weighted by atomic mass is 32.2. The van der Waals surface area contributed by atoms with Crippen molar-refractivity contribution in [2.75, 3.05) is 20.5 Å². The topological polar surface area (TPSA) is 161 Å². The Hall–Kier alpha value is -4.53. The van der Waals surface area contributed by atoms with Crippen molar-refractivity contribution in [3.8, 4) is 45.7 Å². The first-order valence-corrected chi connectivity index (χ1v) is 15.6. The van der Waals surface area contributed by atoms with Crippen LogP contribution in [0.5, 0.6) is 23.0 Å². The summed E-state index contributed by atoms with van der Waals surface area (Å²) >= 11 is 0.783. The van der Waals surface area contributed by atoms with E-state index < -0.39 is 35.5 Å². The quantitative estimate of drug-likeness (QED) is 0.211. The van der Waals surface area contributed by atoms with Gasteiger partial charge in [-0.3, -0.25) is 0 Å². The molecule has 0 atom stereocenters. The highest BCUT2D eigenvalue weighted by molar-refractivity contribution is 7.92. The van der Waals surface area contributed by atoms with Crippen molar-refractivity contribution in [2.45, 2.75) is 4.21 Å². The number of methoxy groups -OCH3 is 2. The number of nitriles is 2. The van der Waals surface area contributed by atoms with Gasteiger partial charge in [-0.05, 0) is 36.4 Å². The molecule has 0 bridgehead atoms. The van der Waals surface area contributed by atoms with Crippen LogP contribution >= 0.6 is 18.9 Å². The first kappa shape index (κ1) is 30.4. The van der Waals surface area contributed by atoms with E-state index in [-0.39, 0.29) is 31.8 Å². The molecule has 0 amide bonds.